The maximum Gasteiger partial charge on any atom is 0.122 e. The van der Waals surface area contributed by atoms with E-state index in [1.54, 1.807) is 0 Å². The van der Waals surface area contributed by atoms with E-state index in [0.717, 1.165) is 12.2 Å². The zero-order chi connectivity index (χ0) is 12.4. The molecule has 0 amide bonds. The van der Waals surface area contributed by atoms with Gasteiger partial charge in [0.1, 0.15) is 11.9 Å². The highest BCUT2D eigenvalue weighted by atomic mass is 16.5. The van der Waals surface area contributed by atoms with Crippen molar-refractivity contribution < 1.29 is 4.74 Å². The van der Waals surface area contributed by atoms with Crippen molar-refractivity contribution in [3.8, 4) is 5.75 Å². The minimum Gasteiger partial charge on any atom is -0.489 e. The largest absolute Gasteiger partial charge is 0.489 e. The normalized spacial score (nSPS) is 24.0. The lowest BCUT2D eigenvalue weighted by Crippen LogP contribution is -2.36. The quantitative estimate of drug-likeness (QED) is 0.866. The van der Waals surface area contributed by atoms with Crippen molar-refractivity contribution in [2.24, 2.45) is 0 Å². The number of hydrogen-bond acceptors (Lipinski definition) is 2. The lowest BCUT2D eigenvalue weighted by molar-refractivity contribution is 0.177. The number of ether oxygens (including phenoxy) is 1. The van der Waals surface area contributed by atoms with Crippen LogP contribution in [0.1, 0.15) is 36.0 Å². The summed E-state index contributed by atoms with van der Waals surface area (Å²) in [6.07, 6.45) is 3.99. The molecule has 2 nitrogen and oxygen atoms in total. The molecule has 0 saturated heterocycles. The van der Waals surface area contributed by atoms with Crippen molar-refractivity contribution in [3.63, 3.8) is 0 Å². The molecule has 0 radical (unpaired) electrons. The zero-order valence-corrected chi connectivity index (χ0v) is 11.3. The molecule has 2 unspecified atom stereocenters. The van der Waals surface area contributed by atoms with E-state index in [1.165, 1.54) is 29.5 Å². The van der Waals surface area contributed by atoms with Crippen molar-refractivity contribution in [1.82, 2.24) is 5.32 Å². The monoisotopic (exact) mass is 233 g/mol. The second-order valence-corrected chi connectivity index (χ2v) is 5.18. The Hall–Kier alpha value is -1.02. The summed E-state index contributed by atoms with van der Waals surface area (Å²) >= 11 is 0. The lowest BCUT2D eigenvalue weighted by atomic mass is 10.1. The van der Waals surface area contributed by atoms with Crippen molar-refractivity contribution >= 4 is 0 Å². The fourth-order valence-corrected chi connectivity index (χ4v) is 2.62. The number of nitrogens with one attached hydrogen (secondary N) is 1. The minimum atomic E-state index is 0.334. The van der Waals surface area contributed by atoms with Crippen molar-refractivity contribution in [1.29, 1.82) is 0 Å². The van der Waals surface area contributed by atoms with Gasteiger partial charge in [-0.15, -0.1) is 0 Å². The molecule has 0 spiro atoms. The van der Waals surface area contributed by atoms with Crippen LogP contribution in [-0.2, 0) is 0 Å². The molecule has 1 aromatic rings. The highest BCUT2D eigenvalue weighted by molar-refractivity contribution is 5.41. The molecule has 2 atom stereocenters. The summed E-state index contributed by atoms with van der Waals surface area (Å²) in [6, 6.07) is 4.90. The molecule has 2 heteroatoms. The van der Waals surface area contributed by atoms with E-state index in [4.69, 9.17) is 4.74 Å². The maximum absolute atomic E-state index is 6.18. The number of likely N-dealkylation sites (N-methyl/N-ethyl adjacent to an activating group) is 1. The van der Waals surface area contributed by atoms with Gasteiger partial charge in [0.05, 0.1) is 0 Å². The summed E-state index contributed by atoms with van der Waals surface area (Å²) < 4.78 is 6.18. The van der Waals surface area contributed by atoms with E-state index >= 15 is 0 Å². The average molecular weight is 233 g/mol. The van der Waals surface area contributed by atoms with Crippen LogP contribution in [0.15, 0.2) is 12.1 Å². The Morgan fingerprint density at radius 2 is 1.76 bits per heavy atom. The molecule has 0 aliphatic heterocycles. The van der Waals surface area contributed by atoms with Crippen LogP contribution in [0, 0.1) is 20.8 Å². The summed E-state index contributed by atoms with van der Waals surface area (Å²) in [5.74, 6) is 1.06. The van der Waals surface area contributed by atoms with E-state index in [1.807, 2.05) is 7.05 Å². The van der Waals surface area contributed by atoms with Crippen molar-refractivity contribution in [3.05, 3.63) is 28.8 Å². The van der Waals surface area contributed by atoms with E-state index < -0.39 is 0 Å². The number of aryl methyl sites for hydroxylation is 3. The fourth-order valence-electron chi connectivity index (χ4n) is 2.62. The van der Waals surface area contributed by atoms with Crippen LogP contribution in [0.25, 0.3) is 0 Å². The molecule has 2 rings (SSSR count). The van der Waals surface area contributed by atoms with E-state index in [0.29, 0.717) is 12.1 Å². The molecule has 1 aliphatic rings. The molecule has 1 fully saturated rings. The summed E-state index contributed by atoms with van der Waals surface area (Å²) in [5.41, 5.74) is 3.89. The first-order valence-electron chi connectivity index (χ1n) is 6.53. The van der Waals surface area contributed by atoms with Crippen LogP contribution in [0.5, 0.6) is 5.75 Å². The van der Waals surface area contributed by atoms with Crippen molar-refractivity contribution in [2.75, 3.05) is 7.05 Å². The van der Waals surface area contributed by atoms with Gasteiger partial charge in [-0.25, -0.2) is 0 Å². The van der Waals surface area contributed by atoms with Crippen molar-refractivity contribution in [2.45, 2.75) is 52.2 Å². The van der Waals surface area contributed by atoms with Crippen LogP contribution in [0.3, 0.4) is 0 Å². The van der Waals surface area contributed by atoms with Crippen LogP contribution in [0.4, 0.5) is 0 Å². The average Bonchev–Trinajstić information content (AvgIpc) is 2.73. The topological polar surface area (TPSA) is 21.3 Å². The van der Waals surface area contributed by atoms with Gasteiger partial charge in [0, 0.05) is 6.04 Å². The predicted molar refractivity (Wildman–Crippen MR) is 71.8 cm³/mol. The van der Waals surface area contributed by atoms with Gasteiger partial charge in [0.15, 0.2) is 0 Å². The molecule has 1 saturated carbocycles. The Labute approximate surface area is 104 Å². The van der Waals surface area contributed by atoms with Gasteiger partial charge in [-0.2, -0.15) is 0 Å². The Morgan fingerprint density at radius 1 is 1.06 bits per heavy atom. The molecular weight excluding hydrogens is 210 g/mol. The molecule has 17 heavy (non-hydrogen) atoms. The Morgan fingerprint density at radius 3 is 2.47 bits per heavy atom. The fraction of sp³-hybridized carbons (Fsp3) is 0.600. The second-order valence-electron chi connectivity index (χ2n) is 5.18. The third-order valence-electron chi connectivity index (χ3n) is 3.89. The minimum absolute atomic E-state index is 0.334. The van der Waals surface area contributed by atoms with Gasteiger partial charge >= 0.3 is 0 Å². The first-order valence-corrected chi connectivity index (χ1v) is 6.53. The Bertz CT molecular complexity index is 400. The number of hydrogen-bond donors (Lipinski definition) is 1. The lowest BCUT2D eigenvalue weighted by Gasteiger charge is -2.22. The van der Waals surface area contributed by atoms with Crippen LogP contribution >= 0.6 is 0 Å². The van der Waals surface area contributed by atoms with Crippen LogP contribution < -0.4 is 10.1 Å². The predicted octanol–water partition coefficient (Wildman–Crippen LogP) is 3.13. The molecule has 0 heterocycles. The standard InChI is InChI=1S/C15H23NO/c1-10-8-12(3)15(9-11(10)2)17-14-7-5-6-13(14)16-4/h8-9,13-14,16H,5-7H2,1-4H3. The van der Waals surface area contributed by atoms with Gasteiger partial charge in [0.2, 0.25) is 0 Å². The molecule has 0 aromatic heterocycles. The first kappa shape index (κ1) is 12.4. The Balaban J connectivity index is 2.15. The SMILES string of the molecule is CNC1CCCC1Oc1cc(C)c(C)cc1C. The highest BCUT2D eigenvalue weighted by Crippen LogP contribution is 2.28. The van der Waals surface area contributed by atoms with Gasteiger partial charge in [0.25, 0.3) is 0 Å². The van der Waals surface area contributed by atoms with E-state index in [9.17, 15) is 0 Å². The smallest absolute Gasteiger partial charge is 0.122 e. The number of rotatable bonds is 3. The maximum atomic E-state index is 6.18. The van der Waals surface area contributed by atoms with Crippen LogP contribution in [-0.4, -0.2) is 19.2 Å². The number of benzene rings is 1. The highest BCUT2D eigenvalue weighted by Gasteiger charge is 2.27. The zero-order valence-electron chi connectivity index (χ0n) is 11.3. The third kappa shape index (κ3) is 2.63. The molecule has 0 bridgehead atoms. The molecule has 1 aromatic carbocycles. The molecule has 94 valence electrons. The molecule has 1 aliphatic carbocycles. The van der Waals surface area contributed by atoms with Gasteiger partial charge < -0.3 is 10.1 Å². The summed E-state index contributed by atoms with van der Waals surface area (Å²) in [4.78, 5) is 0. The Kier molecular flexibility index (Phi) is 3.72. The van der Waals surface area contributed by atoms with Gasteiger partial charge in [-0.1, -0.05) is 6.07 Å². The second kappa shape index (κ2) is 5.09. The van der Waals surface area contributed by atoms with Gasteiger partial charge in [-0.3, -0.25) is 0 Å². The summed E-state index contributed by atoms with van der Waals surface area (Å²) in [6.45, 7) is 6.43. The summed E-state index contributed by atoms with van der Waals surface area (Å²) in [7, 11) is 2.03. The molecule has 1 N–H and O–H groups in total. The van der Waals surface area contributed by atoms with E-state index in [2.05, 4.69) is 38.2 Å². The van der Waals surface area contributed by atoms with Crippen LogP contribution in [0.2, 0.25) is 0 Å². The summed E-state index contributed by atoms with van der Waals surface area (Å²) in [5, 5.41) is 3.35. The first-order chi connectivity index (χ1) is 8.11. The molecular formula is C15H23NO. The third-order valence-corrected chi connectivity index (χ3v) is 3.89. The van der Waals surface area contributed by atoms with Gasteiger partial charge in [-0.05, 0) is 69.8 Å². The van der Waals surface area contributed by atoms with E-state index in [-0.39, 0.29) is 0 Å².